The fourth-order valence-corrected chi connectivity index (χ4v) is 5.66. The Balaban J connectivity index is 1.83. The number of aromatic nitrogens is 4. The summed E-state index contributed by atoms with van der Waals surface area (Å²) in [5.41, 5.74) is 4.12. The number of hydrogen-bond acceptors (Lipinski definition) is 6. The predicted octanol–water partition coefficient (Wildman–Crippen LogP) is 5.67. The van der Waals surface area contributed by atoms with Crippen molar-refractivity contribution in [1.29, 1.82) is 0 Å². The van der Waals surface area contributed by atoms with Gasteiger partial charge in [0, 0.05) is 37.4 Å². The van der Waals surface area contributed by atoms with Crippen molar-refractivity contribution in [2.75, 3.05) is 24.5 Å². The number of allylic oxidation sites excluding steroid dienone is 1. The molecule has 0 saturated carbocycles. The monoisotopic (exact) mass is 566 g/mol. The topological polar surface area (TPSA) is 84.2 Å². The summed E-state index contributed by atoms with van der Waals surface area (Å²) in [6.45, 7) is 18.6. The molecule has 0 N–H and O–H groups in total. The third kappa shape index (κ3) is 5.00. The molecule has 0 unspecified atom stereocenters. The molecule has 8 nitrogen and oxygen atoms in total. The summed E-state index contributed by atoms with van der Waals surface area (Å²) < 4.78 is 17.6. The van der Waals surface area contributed by atoms with Crippen LogP contribution in [0.2, 0.25) is 0 Å². The SMILES string of the molecule is C=CC(=O)N1CCN(c2nc(=O)n(-c3c(C)ccnc3C(C)C)c3nc(-c4ccccc4C(=C)C)c(F)cc23)[C@@H](C)C1. The van der Waals surface area contributed by atoms with Gasteiger partial charge in [-0.2, -0.15) is 4.98 Å². The minimum absolute atomic E-state index is 0.00100. The fraction of sp³-hybridized carbons (Fsp3) is 0.303. The Morgan fingerprint density at radius 2 is 1.90 bits per heavy atom. The van der Waals surface area contributed by atoms with Crippen LogP contribution in [0.3, 0.4) is 0 Å². The van der Waals surface area contributed by atoms with Gasteiger partial charge in [-0.25, -0.2) is 18.7 Å². The van der Waals surface area contributed by atoms with Crippen molar-refractivity contribution in [2.24, 2.45) is 0 Å². The summed E-state index contributed by atoms with van der Waals surface area (Å²) in [4.78, 5) is 44.0. The van der Waals surface area contributed by atoms with Gasteiger partial charge in [-0.15, -0.1) is 0 Å². The zero-order chi connectivity index (χ0) is 30.3. The summed E-state index contributed by atoms with van der Waals surface area (Å²) in [6, 6.07) is 10.4. The molecule has 9 heteroatoms. The largest absolute Gasteiger partial charge is 0.355 e. The van der Waals surface area contributed by atoms with Crippen molar-refractivity contribution in [3.63, 3.8) is 0 Å². The lowest BCUT2D eigenvalue weighted by atomic mass is 9.98. The number of carbonyl (C=O) groups excluding carboxylic acids is 1. The van der Waals surface area contributed by atoms with Gasteiger partial charge in [0.15, 0.2) is 5.65 Å². The lowest BCUT2D eigenvalue weighted by molar-refractivity contribution is -0.126. The first-order valence-corrected chi connectivity index (χ1v) is 14.1. The van der Waals surface area contributed by atoms with Crippen molar-refractivity contribution >= 4 is 28.3 Å². The second-order valence-electron chi connectivity index (χ2n) is 11.1. The first kappa shape index (κ1) is 28.9. The number of rotatable bonds is 6. The van der Waals surface area contributed by atoms with Gasteiger partial charge < -0.3 is 9.80 Å². The maximum Gasteiger partial charge on any atom is 0.355 e. The molecule has 1 atom stereocenters. The van der Waals surface area contributed by atoms with Gasteiger partial charge in [0.1, 0.15) is 17.3 Å². The van der Waals surface area contributed by atoms with Gasteiger partial charge in [0.2, 0.25) is 5.91 Å². The van der Waals surface area contributed by atoms with Crippen LogP contribution in [0.15, 0.2) is 66.6 Å². The number of amides is 1. The van der Waals surface area contributed by atoms with E-state index in [2.05, 4.69) is 23.1 Å². The highest BCUT2D eigenvalue weighted by Crippen LogP contribution is 2.35. The van der Waals surface area contributed by atoms with E-state index in [1.165, 1.54) is 16.7 Å². The highest BCUT2D eigenvalue weighted by molar-refractivity contribution is 5.92. The standard InChI is InChI=1S/C33H35FN6O2/c1-8-27(41)38-15-16-39(22(7)18-38)31-25-17-26(34)29(24-12-10-9-11-23(24)19(2)3)36-32(25)40(33(42)37-31)30-21(6)13-14-35-28(30)20(4)5/h8-14,17,20,22H,1-2,15-16,18H2,3-7H3/t22-/m0/s1. The number of halogens is 1. The number of anilines is 1. The molecule has 0 spiro atoms. The molecule has 4 heterocycles. The molecular weight excluding hydrogens is 531 g/mol. The van der Waals surface area contributed by atoms with Gasteiger partial charge in [-0.3, -0.25) is 9.78 Å². The molecule has 42 heavy (non-hydrogen) atoms. The summed E-state index contributed by atoms with van der Waals surface area (Å²) in [6.07, 6.45) is 3.01. The third-order valence-corrected chi connectivity index (χ3v) is 7.75. The van der Waals surface area contributed by atoms with Crippen LogP contribution in [0.5, 0.6) is 0 Å². The molecule has 0 radical (unpaired) electrons. The van der Waals surface area contributed by atoms with Crippen LogP contribution in [-0.2, 0) is 4.79 Å². The lowest BCUT2D eigenvalue weighted by Crippen LogP contribution is -2.54. The van der Waals surface area contributed by atoms with E-state index in [-0.39, 0.29) is 29.2 Å². The Morgan fingerprint density at radius 1 is 1.17 bits per heavy atom. The predicted molar refractivity (Wildman–Crippen MR) is 165 cm³/mol. The minimum Gasteiger partial charge on any atom is -0.350 e. The Hall–Kier alpha value is -4.66. The van der Waals surface area contributed by atoms with Gasteiger partial charge in [-0.1, -0.05) is 56.8 Å². The van der Waals surface area contributed by atoms with Crippen LogP contribution >= 0.6 is 0 Å². The van der Waals surface area contributed by atoms with E-state index in [1.807, 2.05) is 63.8 Å². The number of hydrogen-bond donors (Lipinski definition) is 0. The average molecular weight is 567 g/mol. The normalized spacial score (nSPS) is 15.4. The van der Waals surface area contributed by atoms with Crippen molar-refractivity contribution < 1.29 is 9.18 Å². The molecule has 4 aromatic rings. The van der Waals surface area contributed by atoms with Crippen LogP contribution in [0.25, 0.3) is 33.6 Å². The van der Waals surface area contributed by atoms with E-state index in [9.17, 15) is 9.59 Å². The number of fused-ring (bicyclic) bond motifs is 1. The minimum atomic E-state index is -0.537. The van der Waals surface area contributed by atoms with Gasteiger partial charge in [-0.05, 0) is 56.0 Å². The van der Waals surface area contributed by atoms with Gasteiger partial charge >= 0.3 is 5.69 Å². The zero-order valence-corrected chi connectivity index (χ0v) is 24.7. The highest BCUT2D eigenvalue weighted by atomic mass is 19.1. The smallest absolute Gasteiger partial charge is 0.350 e. The third-order valence-electron chi connectivity index (χ3n) is 7.75. The molecular formula is C33H35FN6O2. The maximum atomic E-state index is 16.1. The second-order valence-corrected chi connectivity index (χ2v) is 11.1. The van der Waals surface area contributed by atoms with Gasteiger partial charge in [0.25, 0.3) is 0 Å². The Bertz CT molecular complexity index is 1790. The summed E-state index contributed by atoms with van der Waals surface area (Å²) in [5.74, 6) is -0.356. The highest BCUT2D eigenvalue weighted by Gasteiger charge is 2.30. The number of nitrogens with zero attached hydrogens (tertiary/aromatic N) is 6. The molecule has 1 aliphatic heterocycles. The van der Waals surface area contributed by atoms with Gasteiger partial charge in [0.05, 0.1) is 16.8 Å². The summed E-state index contributed by atoms with van der Waals surface area (Å²) in [7, 11) is 0. The van der Waals surface area contributed by atoms with Crippen molar-refractivity contribution in [3.05, 3.63) is 95.0 Å². The summed E-state index contributed by atoms with van der Waals surface area (Å²) >= 11 is 0. The van der Waals surface area contributed by atoms with E-state index in [1.54, 1.807) is 17.2 Å². The zero-order valence-electron chi connectivity index (χ0n) is 24.7. The van der Waals surface area contributed by atoms with Crippen molar-refractivity contribution in [2.45, 2.75) is 46.6 Å². The van der Waals surface area contributed by atoms with Crippen LogP contribution in [0.4, 0.5) is 10.2 Å². The molecule has 5 rings (SSSR count). The Labute approximate surface area is 244 Å². The maximum absolute atomic E-state index is 16.1. The number of carbonyl (C=O) groups is 1. The number of pyridine rings is 2. The molecule has 1 amide bonds. The van der Waals surface area contributed by atoms with Crippen molar-refractivity contribution in [3.8, 4) is 16.9 Å². The Kier molecular flexibility index (Phi) is 7.77. The second kappa shape index (κ2) is 11.3. The molecule has 1 fully saturated rings. The summed E-state index contributed by atoms with van der Waals surface area (Å²) in [5, 5.41) is 0.400. The lowest BCUT2D eigenvalue weighted by Gasteiger charge is -2.40. The molecule has 0 bridgehead atoms. The first-order valence-electron chi connectivity index (χ1n) is 14.1. The van der Waals surface area contributed by atoms with E-state index in [4.69, 9.17) is 4.98 Å². The van der Waals surface area contributed by atoms with Crippen LogP contribution in [-0.4, -0.2) is 56.0 Å². The fourth-order valence-electron chi connectivity index (χ4n) is 5.66. The molecule has 1 aromatic carbocycles. The van der Waals surface area contributed by atoms with E-state index < -0.39 is 11.5 Å². The number of piperazine rings is 1. The van der Waals surface area contributed by atoms with Crippen LogP contribution in [0, 0.1) is 12.7 Å². The molecule has 1 aliphatic rings. The van der Waals surface area contributed by atoms with E-state index in [0.29, 0.717) is 47.8 Å². The molecule has 3 aromatic heterocycles. The molecule has 1 saturated heterocycles. The molecule has 216 valence electrons. The number of benzene rings is 1. The van der Waals surface area contributed by atoms with Crippen LogP contribution in [0.1, 0.15) is 50.4 Å². The molecule has 0 aliphatic carbocycles. The Morgan fingerprint density at radius 3 is 2.57 bits per heavy atom. The first-order chi connectivity index (χ1) is 20.0. The average Bonchev–Trinajstić information content (AvgIpc) is 2.96. The quantitative estimate of drug-likeness (QED) is 0.280. The number of aryl methyl sites for hydroxylation is 1. The van der Waals surface area contributed by atoms with E-state index >= 15 is 4.39 Å². The van der Waals surface area contributed by atoms with Crippen LogP contribution < -0.4 is 10.6 Å². The van der Waals surface area contributed by atoms with E-state index in [0.717, 1.165) is 16.7 Å². The van der Waals surface area contributed by atoms with Crippen molar-refractivity contribution in [1.82, 2.24) is 24.4 Å².